The van der Waals surface area contributed by atoms with Crippen molar-refractivity contribution in [3.63, 3.8) is 0 Å². The largest absolute Gasteiger partial charge is 0.503 e. The summed E-state index contributed by atoms with van der Waals surface area (Å²) in [6.45, 7) is 3.63. The molecule has 0 bridgehead atoms. The van der Waals surface area contributed by atoms with Crippen molar-refractivity contribution >= 4 is 86.2 Å². The molecule has 19 nitrogen and oxygen atoms in total. The lowest BCUT2D eigenvalue weighted by Gasteiger charge is -2.50. The number of benzene rings is 1. The Hall–Kier alpha value is -5.45. The summed E-state index contributed by atoms with van der Waals surface area (Å²) in [5.74, 6) is -8.45. The Morgan fingerprint density at radius 3 is 2.47 bits per heavy atom. The molecule has 0 spiro atoms. The van der Waals surface area contributed by atoms with Crippen molar-refractivity contribution in [3.05, 3.63) is 55.2 Å². The Morgan fingerprint density at radius 1 is 1.18 bits per heavy atom. The first-order chi connectivity index (χ1) is 27.0. The SMILES string of the molecule is CCn1cc(C[N+]2(CC3=C(C(=O)OC)N4C(=O)C(NC(=O)C(=NOC(CC(=O)O)C(=O)O)c5nc(N)sc5Cl)C4SC3)CCCC2)c(=O)c2cc(F)c(O)c(O)c21. The summed E-state index contributed by atoms with van der Waals surface area (Å²) in [6, 6.07) is -0.346. The number of anilines is 1. The summed E-state index contributed by atoms with van der Waals surface area (Å²) < 4.78 is 21.4. The van der Waals surface area contributed by atoms with E-state index in [1.807, 2.05) is 0 Å². The van der Waals surface area contributed by atoms with Crippen molar-refractivity contribution in [1.82, 2.24) is 19.8 Å². The van der Waals surface area contributed by atoms with Gasteiger partial charge in [-0.2, -0.15) is 0 Å². The molecule has 7 N–H and O–H groups in total. The van der Waals surface area contributed by atoms with Crippen molar-refractivity contribution < 1.29 is 62.8 Å². The Bertz CT molecular complexity index is 2330. The van der Waals surface area contributed by atoms with Crippen LogP contribution in [0.3, 0.4) is 0 Å². The molecule has 0 saturated carbocycles. The number of nitrogen functional groups attached to an aromatic ring is 1. The lowest BCUT2D eigenvalue weighted by atomic mass is 10.0. The van der Waals surface area contributed by atoms with E-state index in [1.165, 1.54) is 16.7 Å². The number of phenolic OH excluding ortho intramolecular Hbond substituents is 2. The Kier molecular flexibility index (Phi) is 11.7. The number of carbonyl (C=O) groups excluding carboxylic acids is 3. The van der Waals surface area contributed by atoms with Crippen molar-refractivity contribution in [2.75, 3.05) is 38.2 Å². The molecule has 3 atom stereocenters. The number of aryl methyl sites for hydroxylation is 1. The summed E-state index contributed by atoms with van der Waals surface area (Å²) in [5.41, 5.74) is 5.04. The number of quaternary nitrogens is 1. The standard InChI is InChI=1S/C34H35ClFN7O12S2/c1-3-41-10-14(25(46)16-8-17(36)26(47)27(48)24(16)41)11-43(6-4-5-7-43)12-15-13-56-31-22(30(50)42(31)23(15)33(53)54-2)38-29(49)21(20-28(35)57-34(37)39-20)40-55-18(32(51)52)9-19(44)45/h8,10,18,22,31H,3-7,9,11-13H2,1-2H3,(H6-,37,38,39,40,44,45,46,47,48,49,51,52)/p+1. The number of thioether (sulfide) groups is 1. The smallest absolute Gasteiger partial charge is 0.355 e. The zero-order valence-electron chi connectivity index (χ0n) is 30.2. The number of aromatic nitrogens is 2. The maximum atomic E-state index is 14.5. The highest BCUT2D eigenvalue weighted by molar-refractivity contribution is 8.00. The first-order valence-corrected chi connectivity index (χ1v) is 19.5. The van der Waals surface area contributed by atoms with Gasteiger partial charge in [-0.15, -0.1) is 11.8 Å². The number of carbonyl (C=O) groups is 5. The number of nitrogens with one attached hydrogen (secondary N) is 1. The average molecular weight is 853 g/mol. The number of methoxy groups -OCH3 is 1. The van der Waals surface area contributed by atoms with Gasteiger partial charge >= 0.3 is 17.9 Å². The number of pyridine rings is 1. The van der Waals surface area contributed by atoms with Crippen molar-refractivity contribution in [2.24, 2.45) is 5.16 Å². The molecule has 2 saturated heterocycles. The minimum Gasteiger partial charge on any atom is -0.503 e. The Labute approximate surface area is 334 Å². The van der Waals surface area contributed by atoms with Crippen LogP contribution in [-0.4, -0.2) is 125 Å². The highest BCUT2D eigenvalue weighted by Gasteiger charge is 2.55. The minimum absolute atomic E-state index is 0.00570. The fourth-order valence-corrected chi connectivity index (χ4v) is 9.53. The Morgan fingerprint density at radius 2 is 1.88 bits per heavy atom. The molecule has 0 aliphatic carbocycles. The number of thiazole rings is 1. The van der Waals surface area contributed by atoms with Gasteiger partial charge in [-0.3, -0.25) is 24.1 Å². The first-order valence-electron chi connectivity index (χ1n) is 17.3. The van der Waals surface area contributed by atoms with E-state index < -0.39 is 82.1 Å². The van der Waals surface area contributed by atoms with Gasteiger partial charge in [0.15, 0.2) is 33.6 Å². The van der Waals surface area contributed by atoms with Crippen LogP contribution in [0.1, 0.15) is 37.4 Å². The van der Waals surface area contributed by atoms with Crippen LogP contribution >= 0.6 is 34.7 Å². The van der Waals surface area contributed by atoms with Crippen LogP contribution in [0.15, 0.2) is 33.5 Å². The van der Waals surface area contributed by atoms with Crippen LogP contribution in [0, 0.1) is 5.82 Å². The van der Waals surface area contributed by atoms with Crippen LogP contribution < -0.4 is 16.5 Å². The van der Waals surface area contributed by atoms with Crippen molar-refractivity contribution in [1.29, 1.82) is 0 Å². The maximum absolute atomic E-state index is 14.5. The number of halogens is 2. The Balaban J connectivity index is 1.29. The van der Waals surface area contributed by atoms with Crippen LogP contribution in [0.5, 0.6) is 11.5 Å². The van der Waals surface area contributed by atoms with E-state index in [9.17, 15) is 48.5 Å². The molecular formula is C34H36ClFN7O12S2+. The molecule has 3 aliphatic rings. The van der Waals surface area contributed by atoms with Gasteiger partial charge in [0.1, 0.15) is 40.2 Å². The number of likely N-dealkylation sites (tertiary alicyclic amines) is 1. The van der Waals surface area contributed by atoms with Gasteiger partial charge in [-0.1, -0.05) is 28.1 Å². The number of nitrogens with two attached hydrogens (primary N) is 1. The maximum Gasteiger partial charge on any atom is 0.355 e. The lowest BCUT2D eigenvalue weighted by molar-refractivity contribution is -0.925. The minimum atomic E-state index is -2.00. The van der Waals surface area contributed by atoms with E-state index in [0.717, 1.165) is 37.4 Å². The number of aromatic hydroxyl groups is 2. The fraction of sp³-hybridized carbons (Fsp3) is 0.412. The molecule has 0 radical (unpaired) electrons. The van der Waals surface area contributed by atoms with Crippen molar-refractivity contribution in [3.8, 4) is 11.5 Å². The monoisotopic (exact) mass is 852 g/mol. The molecule has 2 aromatic heterocycles. The second-order valence-corrected chi connectivity index (χ2v) is 16.2. The van der Waals surface area contributed by atoms with E-state index in [2.05, 4.69) is 15.5 Å². The van der Waals surface area contributed by atoms with E-state index in [1.54, 1.807) is 17.7 Å². The lowest BCUT2D eigenvalue weighted by Crippen LogP contribution is -2.71. The van der Waals surface area contributed by atoms with Crippen LogP contribution in [-0.2, 0) is 46.6 Å². The zero-order valence-corrected chi connectivity index (χ0v) is 32.6. The summed E-state index contributed by atoms with van der Waals surface area (Å²) in [6.07, 6.45) is 0.144. The third-order valence-corrected chi connectivity index (χ3v) is 12.3. The van der Waals surface area contributed by atoms with Gasteiger partial charge in [0, 0.05) is 36.9 Å². The number of oxime groups is 1. The number of nitrogens with zero attached hydrogens (tertiary/aromatic N) is 5. The number of amides is 2. The molecule has 3 aromatic rings. The quantitative estimate of drug-likeness (QED) is 0.0335. The molecule has 304 valence electrons. The van der Waals surface area contributed by atoms with Gasteiger partial charge in [0.2, 0.25) is 6.10 Å². The molecule has 3 aliphatic heterocycles. The number of rotatable bonds is 14. The van der Waals surface area contributed by atoms with E-state index in [-0.39, 0.29) is 57.1 Å². The number of aliphatic carboxylic acids is 2. The number of ether oxygens (including phenoxy) is 1. The summed E-state index contributed by atoms with van der Waals surface area (Å²) in [7, 11) is 1.16. The predicted molar refractivity (Wildman–Crippen MR) is 202 cm³/mol. The third-order valence-electron chi connectivity index (χ3n) is 9.88. The zero-order chi connectivity index (χ0) is 41.5. The number of β-lactam (4-membered cyclic amide) rings is 1. The second kappa shape index (κ2) is 16.2. The molecule has 2 fully saturated rings. The highest BCUT2D eigenvalue weighted by atomic mass is 35.5. The number of hydrogen-bond acceptors (Lipinski definition) is 15. The number of carboxylic acids is 2. The van der Waals surface area contributed by atoms with Gasteiger partial charge in [0.05, 0.1) is 43.1 Å². The molecule has 2 amide bonds. The van der Waals surface area contributed by atoms with E-state index in [4.69, 9.17) is 32.0 Å². The summed E-state index contributed by atoms with van der Waals surface area (Å²) in [5, 5.41) is 44.1. The average Bonchev–Trinajstić information content (AvgIpc) is 3.77. The van der Waals surface area contributed by atoms with Gasteiger partial charge in [-0.25, -0.2) is 19.0 Å². The van der Waals surface area contributed by atoms with E-state index >= 15 is 0 Å². The van der Waals surface area contributed by atoms with Gasteiger partial charge in [0.25, 0.3) is 11.8 Å². The first kappa shape index (κ1) is 41.2. The number of carboxylic acid groups (broad SMARTS) is 2. The van der Waals surface area contributed by atoms with E-state index in [0.29, 0.717) is 28.7 Å². The molecular weight excluding hydrogens is 817 g/mol. The molecule has 5 heterocycles. The van der Waals surface area contributed by atoms with Gasteiger partial charge < -0.3 is 50.1 Å². The summed E-state index contributed by atoms with van der Waals surface area (Å²) >= 11 is 8.21. The molecule has 6 rings (SSSR count). The highest BCUT2D eigenvalue weighted by Crippen LogP contribution is 2.42. The number of fused-ring (bicyclic) bond motifs is 2. The summed E-state index contributed by atoms with van der Waals surface area (Å²) in [4.78, 5) is 87.4. The molecule has 57 heavy (non-hydrogen) atoms. The number of phenols is 2. The van der Waals surface area contributed by atoms with Crippen LogP contribution in [0.25, 0.3) is 10.9 Å². The number of esters is 1. The fourth-order valence-electron chi connectivity index (χ4n) is 7.27. The molecule has 3 unspecified atom stereocenters. The second-order valence-electron chi connectivity index (χ2n) is 13.5. The molecule has 1 aromatic carbocycles. The predicted octanol–water partition coefficient (Wildman–Crippen LogP) is 1.55. The normalized spacial score (nSPS) is 19.5. The van der Waals surface area contributed by atoms with Crippen molar-refractivity contribution in [2.45, 2.75) is 56.8 Å². The van der Waals surface area contributed by atoms with Crippen LogP contribution in [0.2, 0.25) is 4.34 Å². The third kappa shape index (κ3) is 7.81. The molecule has 23 heteroatoms. The number of hydrogen-bond donors (Lipinski definition) is 6. The van der Waals surface area contributed by atoms with Crippen LogP contribution in [0.4, 0.5) is 9.52 Å². The van der Waals surface area contributed by atoms with Gasteiger partial charge in [-0.05, 0) is 13.0 Å². The topological polar surface area (TPSA) is 273 Å².